The third-order valence-electron chi connectivity index (χ3n) is 4.25. The number of para-hydroxylation sites is 1. The van der Waals surface area contributed by atoms with Crippen molar-refractivity contribution in [1.82, 2.24) is 10.1 Å². The Labute approximate surface area is 157 Å². The van der Waals surface area contributed by atoms with Gasteiger partial charge in [0.05, 0.1) is 0 Å². The van der Waals surface area contributed by atoms with Crippen LogP contribution in [0, 0.1) is 0 Å². The van der Waals surface area contributed by atoms with Crippen molar-refractivity contribution in [3.63, 3.8) is 0 Å². The Morgan fingerprint density at radius 3 is 2.54 bits per heavy atom. The second kappa shape index (κ2) is 7.56. The van der Waals surface area contributed by atoms with Crippen LogP contribution in [0.1, 0.15) is 17.3 Å². The van der Waals surface area contributed by atoms with E-state index < -0.39 is 0 Å². The highest BCUT2D eigenvalue weighted by molar-refractivity contribution is 5.92. The van der Waals surface area contributed by atoms with Crippen LogP contribution in [0.25, 0.3) is 22.2 Å². The molecule has 6 heteroatoms. The quantitative estimate of drug-likeness (QED) is 0.566. The summed E-state index contributed by atoms with van der Waals surface area (Å²) in [6, 6.07) is 21.2. The maximum Gasteiger partial charge on any atom is 0.167 e. The summed E-state index contributed by atoms with van der Waals surface area (Å²) in [6.07, 6.45) is 0.595. The number of nitrogen functional groups attached to an aromatic ring is 1. The van der Waals surface area contributed by atoms with Crippen LogP contribution < -0.4 is 11.5 Å². The van der Waals surface area contributed by atoms with Gasteiger partial charge in [0.2, 0.25) is 0 Å². The summed E-state index contributed by atoms with van der Waals surface area (Å²) in [5, 5.41) is 5.24. The summed E-state index contributed by atoms with van der Waals surface area (Å²) in [7, 11) is 0. The van der Waals surface area contributed by atoms with E-state index in [0.29, 0.717) is 12.2 Å². The van der Waals surface area contributed by atoms with Gasteiger partial charge in [-0.25, -0.2) is 4.98 Å². The van der Waals surface area contributed by atoms with Gasteiger partial charge < -0.3 is 16.0 Å². The van der Waals surface area contributed by atoms with Gasteiger partial charge in [-0.05, 0) is 29.8 Å². The Morgan fingerprint density at radius 1 is 0.923 bits per heavy atom. The van der Waals surface area contributed by atoms with Crippen LogP contribution in [0.2, 0.25) is 0 Å². The number of aromatic nitrogens is 2. The normalized spacial score (nSPS) is 11.9. The first-order chi connectivity index (χ1) is 12.2. The summed E-state index contributed by atoms with van der Waals surface area (Å²) in [5.74, 6) is 0.500. The maximum atomic E-state index is 6.49. The van der Waals surface area contributed by atoms with E-state index in [-0.39, 0.29) is 18.4 Å². The van der Waals surface area contributed by atoms with E-state index in [4.69, 9.17) is 16.0 Å². The number of hydrogen-bond acceptors (Lipinski definition) is 5. The Balaban J connectivity index is 0.00000196. The molecule has 0 saturated heterocycles. The summed E-state index contributed by atoms with van der Waals surface area (Å²) >= 11 is 0. The molecule has 1 atom stereocenters. The number of rotatable bonds is 4. The predicted molar refractivity (Wildman–Crippen MR) is 106 cm³/mol. The van der Waals surface area contributed by atoms with Gasteiger partial charge >= 0.3 is 0 Å². The molecule has 132 valence electrons. The van der Waals surface area contributed by atoms with Crippen molar-refractivity contribution in [3.05, 3.63) is 78.0 Å². The maximum absolute atomic E-state index is 6.49. The van der Waals surface area contributed by atoms with Gasteiger partial charge in [0, 0.05) is 29.1 Å². The fourth-order valence-electron chi connectivity index (χ4n) is 3.06. The monoisotopic (exact) mass is 366 g/mol. The molecule has 0 unspecified atom stereocenters. The minimum absolute atomic E-state index is 0. The number of anilines is 1. The highest BCUT2D eigenvalue weighted by atomic mass is 35.5. The van der Waals surface area contributed by atoms with Crippen LogP contribution in [-0.4, -0.2) is 10.1 Å². The van der Waals surface area contributed by atoms with Gasteiger partial charge in [0.15, 0.2) is 5.58 Å². The SMILES string of the molecule is Cl.Nc1cccc(C[C@H](N)c2ccccc2-c2noc3ccccc23)n1. The molecule has 0 spiro atoms. The standard InChI is InChI=1S/C20H18N4O.ClH/c21-17(12-13-6-5-11-19(22)23-13)14-7-1-2-8-15(14)20-16-9-3-4-10-18(16)25-24-20;/h1-11,17H,12,21H2,(H2,22,23);1H/t17-;/m0./s1. The molecule has 5 nitrogen and oxygen atoms in total. The van der Waals surface area contributed by atoms with Crippen LogP contribution in [0.3, 0.4) is 0 Å². The lowest BCUT2D eigenvalue weighted by molar-refractivity contribution is 0.459. The Kier molecular flexibility index (Phi) is 5.21. The van der Waals surface area contributed by atoms with Crippen molar-refractivity contribution in [2.24, 2.45) is 5.73 Å². The second-order valence-electron chi connectivity index (χ2n) is 5.98. The molecule has 4 rings (SSSR count). The first-order valence-electron chi connectivity index (χ1n) is 8.13. The van der Waals surface area contributed by atoms with Crippen LogP contribution in [0.5, 0.6) is 0 Å². The topological polar surface area (TPSA) is 91.0 Å². The molecular weight excluding hydrogens is 348 g/mol. The van der Waals surface area contributed by atoms with Crippen molar-refractivity contribution in [2.75, 3.05) is 5.73 Å². The molecule has 2 aromatic carbocycles. The Hall–Kier alpha value is -2.89. The fraction of sp³-hybridized carbons (Fsp3) is 0.100. The lowest BCUT2D eigenvalue weighted by Gasteiger charge is -2.15. The number of nitrogens with two attached hydrogens (primary N) is 2. The number of benzene rings is 2. The van der Waals surface area contributed by atoms with Crippen molar-refractivity contribution in [2.45, 2.75) is 12.5 Å². The average Bonchev–Trinajstić information content (AvgIpc) is 3.06. The zero-order valence-electron chi connectivity index (χ0n) is 14.0. The van der Waals surface area contributed by atoms with Crippen LogP contribution in [0.15, 0.2) is 71.3 Å². The highest BCUT2D eigenvalue weighted by Gasteiger charge is 2.18. The van der Waals surface area contributed by atoms with Crippen LogP contribution in [-0.2, 0) is 6.42 Å². The minimum Gasteiger partial charge on any atom is -0.384 e. The lowest BCUT2D eigenvalue weighted by Crippen LogP contribution is -2.15. The molecule has 0 bridgehead atoms. The van der Waals surface area contributed by atoms with Crippen molar-refractivity contribution in [1.29, 1.82) is 0 Å². The number of nitrogens with zero attached hydrogens (tertiary/aromatic N) is 2. The van der Waals surface area contributed by atoms with E-state index in [1.165, 1.54) is 0 Å². The summed E-state index contributed by atoms with van der Waals surface area (Å²) in [5.41, 5.74) is 16.7. The van der Waals surface area contributed by atoms with E-state index >= 15 is 0 Å². The molecule has 0 aliphatic rings. The molecule has 4 aromatic rings. The zero-order chi connectivity index (χ0) is 17.2. The van der Waals surface area contributed by atoms with Gasteiger partial charge in [-0.1, -0.05) is 47.6 Å². The predicted octanol–water partition coefficient (Wildman–Crippen LogP) is 4.14. The van der Waals surface area contributed by atoms with Crippen molar-refractivity contribution < 1.29 is 4.52 Å². The number of hydrogen-bond donors (Lipinski definition) is 2. The molecular formula is C20H19ClN4O. The van der Waals surface area contributed by atoms with E-state index in [9.17, 15) is 0 Å². The summed E-state index contributed by atoms with van der Waals surface area (Å²) < 4.78 is 5.45. The molecule has 2 heterocycles. The molecule has 2 aromatic heterocycles. The van der Waals surface area contributed by atoms with Gasteiger partial charge in [0.25, 0.3) is 0 Å². The lowest BCUT2D eigenvalue weighted by atomic mass is 9.94. The summed E-state index contributed by atoms with van der Waals surface area (Å²) in [4.78, 5) is 4.34. The molecule has 0 aliphatic carbocycles. The third kappa shape index (κ3) is 3.40. The number of halogens is 1. The minimum atomic E-state index is -0.221. The molecule has 0 amide bonds. The zero-order valence-corrected chi connectivity index (χ0v) is 14.8. The number of pyridine rings is 1. The van der Waals surface area contributed by atoms with E-state index in [1.807, 2.05) is 60.7 Å². The Morgan fingerprint density at radius 2 is 1.69 bits per heavy atom. The van der Waals surface area contributed by atoms with Crippen molar-refractivity contribution in [3.8, 4) is 11.3 Å². The van der Waals surface area contributed by atoms with E-state index in [2.05, 4.69) is 10.1 Å². The van der Waals surface area contributed by atoms with Crippen molar-refractivity contribution >= 4 is 29.2 Å². The van der Waals surface area contributed by atoms with E-state index in [1.54, 1.807) is 6.07 Å². The van der Waals surface area contributed by atoms with Gasteiger partial charge in [-0.2, -0.15) is 0 Å². The molecule has 0 radical (unpaired) electrons. The van der Waals surface area contributed by atoms with Gasteiger partial charge in [-0.3, -0.25) is 0 Å². The number of fused-ring (bicyclic) bond motifs is 1. The third-order valence-corrected chi connectivity index (χ3v) is 4.25. The smallest absolute Gasteiger partial charge is 0.167 e. The Bertz CT molecular complexity index is 1030. The van der Waals surface area contributed by atoms with E-state index in [0.717, 1.165) is 33.5 Å². The first kappa shape index (κ1) is 17.9. The summed E-state index contributed by atoms with van der Waals surface area (Å²) in [6.45, 7) is 0. The fourth-order valence-corrected chi connectivity index (χ4v) is 3.06. The molecule has 26 heavy (non-hydrogen) atoms. The van der Waals surface area contributed by atoms with Gasteiger partial charge in [-0.15, -0.1) is 12.4 Å². The first-order valence-corrected chi connectivity index (χ1v) is 8.13. The molecule has 4 N–H and O–H groups in total. The second-order valence-corrected chi connectivity index (χ2v) is 5.98. The van der Waals surface area contributed by atoms with Crippen LogP contribution in [0.4, 0.5) is 5.82 Å². The van der Waals surface area contributed by atoms with Crippen LogP contribution >= 0.6 is 12.4 Å². The molecule has 0 fully saturated rings. The molecule has 0 aliphatic heterocycles. The highest BCUT2D eigenvalue weighted by Crippen LogP contribution is 2.33. The van der Waals surface area contributed by atoms with Gasteiger partial charge in [0.1, 0.15) is 11.5 Å². The average molecular weight is 367 g/mol. The largest absolute Gasteiger partial charge is 0.384 e. The molecule has 0 saturated carbocycles.